The largest absolute Gasteiger partial charge is 0.573 e. The van der Waals surface area contributed by atoms with Gasteiger partial charge in [0.05, 0.1) is 13.5 Å². The summed E-state index contributed by atoms with van der Waals surface area (Å²) in [5.74, 6) is -1.08. The molecule has 106 valence electrons. The molecule has 0 aliphatic rings. The zero-order valence-corrected chi connectivity index (χ0v) is 13.3. The molecule has 1 heterocycles. The summed E-state index contributed by atoms with van der Waals surface area (Å²) in [6.45, 7) is 0. The zero-order valence-electron chi connectivity index (χ0n) is 9.55. The van der Waals surface area contributed by atoms with Crippen LogP contribution in [0.2, 0.25) is 0 Å². The Morgan fingerprint density at radius 2 is 2.16 bits per heavy atom. The molecule has 0 saturated carbocycles. The average Bonchev–Trinajstić information content (AvgIpc) is 2.31. The van der Waals surface area contributed by atoms with E-state index < -0.39 is 18.1 Å². The van der Waals surface area contributed by atoms with Gasteiger partial charge in [-0.05, 0) is 22.6 Å². The highest BCUT2D eigenvalue weighted by Crippen LogP contribution is 2.33. The lowest BCUT2D eigenvalue weighted by atomic mass is 10.1. The summed E-state index contributed by atoms with van der Waals surface area (Å²) in [7, 11) is 1.15. The van der Waals surface area contributed by atoms with Gasteiger partial charge >= 0.3 is 12.3 Å². The predicted molar refractivity (Wildman–Crippen MR) is 72.0 cm³/mol. The topological polar surface area (TPSA) is 48.4 Å². The van der Waals surface area contributed by atoms with E-state index in [9.17, 15) is 18.0 Å². The van der Waals surface area contributed by atoms with E-state index in [-0.39, 0.29) is 22.9 Å². The van der Waals surface area contributed by atoms with E-state index in [4.69, 9.17) is 0 Å². The maximum atomic E-state index is 12.4. The third-order valence-electron chi connectivity index (χ3n) is 2.06. The van der Waals surface area contributed by atoms with Crippen molar-refractivity contribution in [1.82, 2.24) is 4.98 Å². The van der Waals surface area contributed by atoms with Gasteiger partial charge in [0.25, 0.3) is 0 Å². The highest BCUT2D eigenvalue weighted by molar-refractivity contribution is 14.1. The lowest BCUT2D eigenvalue weighted by Gasteiger charge is -2.16. The van der Waals surface area contributed by atoms with Crippen LogP contribution in [0.3, 0.4) is 0 Å². The van der Waals surface area contributed by atoms with E-state index in [2.05, 4.69) is 30.4 Å². The number of carbonyl (C=O) groups excluding carboxylic acids is 1. The number of ether oxygens (including phenoxy) is 2. The molecule has 0 saturated heterocycles. The molecule has 1 rings (SSSR count). The SMILES string of the molecule is COC(=O)Cc1cnc(I)c(CBr)c1OC(F)(F)F. The van der Waals surface area contributed by atoms with E-state index in [0.29, 0.717) is 3.70 Å². The van der Waals surface area contributed by atoms with E-state index in [1.54, 1.807) is 22.6 Å². The number of rotatable bonds is 4. The molecule has 0 amide bonds. The first kappa shape index (κ1) is 16.5. The van der Waals surface area contributed by atoms with Gasteiger partial charge in [-0.2, -0.15) is 0 Å². The number of hydrogen-bond donors (Lipinski definition) is 0. The second kappa shape index (κ2) is 6.73. The zero-order chi connectivity index (χ0) is 14.6. The minimum Gasteiger partial charge on any atom is -0.469 e. The van der Waals surface area contributed by atoms with Gasteiger partial charge in [0.15, 0.2) is 0 Å². The Bertz CT molecular complexity index is 482. The Hall–Kier alpha value is -0.580. The highest BCUT2D eigenvalue weighted by Gasteiger charge is 2.34. The number of alkyl halides is 4. The van der Waals surface area contributed by atoms with Gasteiger partial charge in [-0.1, -0.05) is 15.9 Å². The molecule has 0 fully saturated rings. The molecule has 0 spiro atoms. The molecule has 0 atom stereocenters. The first-order chi connectivity index (χ1) is 8.78. The van der Waals surface area contributed by atoms with Crippen LogP contribution in [0.4, 0.5) is 13.2 Å². The van der Waals surface area contributed by atoms with Gasteiger partial charge in [0.1, 0.15) is 9.45 Å². The summed E-state index contributed by atoms with van der Waals surface area (Å²) in [5, 5.41) is 0.124. The summed E-state index contributed by atoms with van der Waals surface area (Å²) in [6.07, 6.45) is -4.01. The quantitative estimate of drug-likeness (QED) is 0.304. The third-order valence-corrected chi connectivity index (χ3v) is 3.55. The molecule has 1 aromatic rings. The Kier molecular flexibility index (Phi) is 5.83. The molecule has 0 N–H and O–H groups in total. The van der Waals surface area contributed by atoms with Crippen molar-refractivity contribution >= 4 is 44.5 Å². The van der Waals surface area contributed by atoms with Crippen molar-refractivity contribution in [2.75, 3.05) is 7.11 Å². The van der Waals surface area contributed by atoms with Crippen molar-refractivity contribution < 1.29 is 27.4 Å². The number of esters is 1. The van der Waals surface area contributed by atoms with Crippen LogP contribution in [0.25, 0.3) is 0 Å². The molecule has 0 radical (unpaired) electrons. The summed E-state index contributed by atoms with van der Waals surface area (Å²) in [4.78, 5) is 15.1. The van der Waals surface area contributed by atoms with Gasteiger partial charge in [-0.3, -0.25) is 4.79 Å². The normalized spacial score (nSPS) is 11.3. The van der Waals surface area contributed by atoms with Crippen LogP contribution in [0, 0.1) is 3.70 Å². The van der Waals surface area contributed by atoms with Crippen molar-refractivity contribution in [3.8, 4) is 5.75 Å². The Balaban J connectivity index is 3.25. The lowest BCUT2D eigenvalue weighted by Crippen LogP contribution is -2.20. The number of carbonyl (C=O) groups is 1. The number of pyridine rings is 1. The highest BCUT2D eigenvalue weighted by atomic mass is 127. The van der Waals surface area contributed by atoms with Crippen molar-refractivity contribution in [3.63, 3.8) is 0 Å². The summed E-state index contributed by atoms with van der Waals surface area (Å²) in [6, 6.07) is 0. The lowest BCUT2D eigenvalue weighted by molar-refractivity contribution is -0.275. The smallest absolute Gasteiger partial charge is 0.469 e. The maximum Gasteiger partial charge on any atom is 0.573 e. The number of halogens is 5. The van der Waals surface area contributed by atoms with Gasteiger partial charge in [-0.15, -0.1) is 13.2 Å². The summed E-state index contributed by atoms with van der Waals surface area (Å²) < 4.78 is 46.0. The van der Waals surface area contributed by atoms with Crippen LogP contribution in [0.5, 0.6) is 5.75 Å². The number of nitrogens with zero attached hydrogens (tertiary/aromatic N) is 1. The monoisotopic (exact) mass is 453 g/mol. The van der Waals surface area contributed by atoms with E-state index in [1.807, 2.05) is 0 Å². The van der Waals surface area contributed by atoms with Crippen molar-refractivity contribution in [3.05, 3.63) is 21.0 Å². The molecule has 4 nitrogen and oxygen atoms in total. The standard InChI is InChI=1S/C10H8BrF3INO3/c1-18-7(17)2-5-4-16-9(15)6(3-11)8(5)19-10(12,13)14/h4H,2-3H2,1H3. The summed E-state index contributed by atoms with van der Waals surface area (Å²) in [5.41, 5.74) is 0.262. The van der Waals surface area contributed by atoms with E-state index in [1.165, 1.54) is 6.20 Å². The first-order valence-electron chi connectivity index (χ1n) is 4.83. The van der Waals surface area contributed by atoms with Crippen molar-refractivity contribution in [2.24, 2.45) is 0 Å². The maximum absolute atomic E-state index is 12.4. The molecular formula is C10H8BrF3INO3. The van der Waals surface area contributed by atoms with Crippen LogP contribution >= 0.6 is 38.5 Å². The Labute approximate surface area is 128 Å². The van der Waals surface area contributed by atoms with Crippen LogP contribution in [0.15, 0.2) is 6.20 Å². The molecule has 9 heteroatoms. The molecule has 0 bridgehead atoms. The fourth-order valence-electron chi connectivity index (χ4n) is 1.27. The Morgan fingerprint density at radius 3 is 2.63 bits per heavy atom. The van der Waals surface area contributed by atoms with Gasteiger partial charge in [-0.25, -0.2) is 4.98 Å². The second-order valence-corrected chi connectivity index (χ2v) is 4.90. The predicted octanol–water partition coefficient (Wildman–Crippen LogP) is 3.20. The molecule has 0 aliphatic heterocycles. The van der Waals surface area contributed by atoms with E-state index >= 15 is 0 Å². The fraction of sp³-hybridized carbons (Fsp3) is 0.400. The molecule has 0 aromatic carbocycles. The molecule has 0 unspecified atom stereocenters. The van der Waals surface area contributed by atoms with Crippen molar-refractivity contribution in [2.45, 2.75) is 18.1 Å². The van der Waals surface area contributed by atoms with Gasteiger partial charge in [0.2, 0.25) is 0 Å². The minimum atomic E-state index is -4.84. The van der Waals surface area contributed by atoms with Crippen LogP contribution in [-0.4, -0.2) is 24.4 Å². The average molecular weight is 454 g/mol. The number of aromatic nitrogens is 1. The minimum absolute atomic E-state index is 0.0269. The number of hydrogen-bond acceptors (Lipinski definition) is 4. The van der Waals surface area contributed by atoms with Gasteiger partial charge < -0.3 is 9.47 Å². The summed E-state index contributed by atoms with van der Waals surface area (Å²) >= 11 is 4.87. The van der Waals surface area contributed by atoms with Crippen LogP contribution in [0.1, 0.15) is 11.1 Å². The van der Waals surface area contributed by atoms with Crippen LogP contribution < -0.4 is 4.74 Å². The molecule has 0 aliphatic carbocycles. The van der Waals surface area contributed by atoms with Crippen LogP contribution in [-0.2, 0) is 21.3 Å². The van der Waals surface area contributed by atoms with Crippen molar-refractivity contribution in [1.29, 1.82) is 0 Å². The van der Waals surface area contributed by atoms with E-state index in [0.717, 1.165) is 7.11 Å². The third kappa shape index (κ3) is 4.79. The molecular weight excluding hydrogens is 446 g/mol. The second-order valence-electron chi connectivity index (χ2n) is 3.32. The fourth-order valence-corrected chi connectivity index (χ4v) is 2.89. The molecule has 1 aromatic heterocycles. The first-order valence-corrected chi connectivity index (χ1v) is 7.03. The number of methoxy groups -OCH3 is 1. The Morgan fingerprint density at radius 1 is 1.53 bits per heavy atom. The molecule has 19 heavy (non-hydrogen) atoms. The van der Waals surface area contributed by atoms with Gasteiger partial charge in [0, 0.05) is 22.7 Å².